The van der Waals surface area contributed by atoms with E-state index in [0.717, 1.165) is 44.1 Å². The quantitative estimate of drug-likeness (QED) is 0.824. The van der Waals surface area contributed by atoms with E-state index in [1.54, 1.807) is 17.0 Å². The lowest BCUT2D eigenvalue weighted by Crippen LogP contribution is -3.14. The molecular weight excluding hydrogens is 333 g/mol. The number of carbonyl (C=O) groups excluding carboxylic acids is 1. The minimum Gasteiger partial charge on any atom is -0.484 e. The van der Waals surface area contributed by atoms with Gasteiger partial charge in [-0.25, -0.2) is 4.39 Å². The number of anilines is 2. The van der Waals surface area contributed by atoms with Gasteiger partial charge in [-0.05, 0) is 31.2 Å². The first-order chi connectivity index (χ1) is 12.7. The molecule has 0 spiro atoms. The summed E-state index contributed by atoms with van der Waals surface area (Å²) in [6.45, 7) is 7.32. The maximum absolute atomic E-state index is 13.2. The van der Waals surface area contributed by atoms with Gasteiger partial charge in [0.2, 0.25) is 0 Å². The van der Waals surface area contributed by atoms with Crippen LogP contribution in [0, 0.1) is 5.82 Å². The van der Waals surface area contributed by atoms with Crippen LogP contribution in [0.1, 0.15) is 6.92 Å². The SMILES string of the molecule is CC[NH+]1CCN(c2ccccc2NC(=O)COc2cccc(F)c2)CC1. The van der Waals surface area contributed by atoms with Gasteiger partial charge in [0.1, 0.15) is 11.6 Å². The first-order valence-electron chi connectivity index (χ1n) is 9.01. The fourth-order valence-electron chi connectivity index (χ4n) is 3.16. The fraction of sp³-hybridized carbons (Fsp3) is 0.350. The number of hydrogen-bond acceptors (Lipinski definition) is 3. The molecule has 1 heterocycles. The van der Waals surface area contributed by atoms with E-state index in [9.17, 15) is 9.18 Å². The normalized spacial score (nSPS) is 14.9. The number of carbonyl (C=O) groups is 1. The lowest BCUT2D eigenvalue weighted by atomic mass is 10.2. The van der Waals surface area contributed by atoms with Crippen LogP contribution < -0.4 is 19.9 Å². The predicted molar refractivity (Wildman–Crippen MR) is 100 cm³/mol. The largest absolute Gasteiger partial charge is 0.484 e. The molecule has 2 aromatic carbocycles. The van der Waals surface area contributed by atoms with Crippen LogP contribution in [0.25, 0.3) is 0 Å². The monoisotopic (exact) mass is 358 g/mol. The number of nitrogens with one attached hydrogen (secondary N) is 2. The van der Waals surface area contributed by atoms with E-state index < -0.39 is 0 Å². The van der Waals surface area contributed by atoms with Crippen LogP contribution in [0.15, 0.2) is 48.5 Å². The Balaban J connectivity index is 1.60. The highest BCUT2D eigenvalue weighted by molar-refractivity contribution is 5.95. The van der Waals surface area contributed by atoms with Gasteiger partial charge in [0.25, 0.3) is 5.91 Å². The molecule has 0 unspecified atom stereocenters. The molecule has 0 aromatic heterocycles. The number of quaternary nitrogens is 1. The molecule has 2 N–H and O–H groups in total. The molecule has 5 nitrogen and oxygen atoms in total. The van der Waals surface area contributed by atoms with Crippen molar-refractivity contribution < 1.29 is 18.8 Å². The van der Waals surface area contributed by atoms with Crippen molar-refractivity contribution in [3.63, 3.8) is 0 Å². The fourth-order valence-corrected chi connectivity index (χ4v) is 3.16. The molecule has 138 valence electrons. The van der Waals surface area contributed by atoms with Crippen LogP contribution in [0.5, 0.6) is 5.75 Å². The number of para-hydroxylation sites is 2. The Morgan fingerprint density at radius 2 is 1.96 bits per heavy atom. The second-order valence-electron chi connectivity index (χ2n) is 6.40. The average Bonchev–Trinajstić information content (AvgIpc) is 2.67. The van der Waals surface area contributed by atoms with Crippen molar-refractivity contribution in [2.24, 2.45) is 0 Å². The number of rotatable bonds is 6. The molecule has 0 saturated carbocycles. The molecule has 1 amide bonds. The summed E-state index contributed by atoms with van der Waals surface area (Å²) < 4.78 is 18.5. The lowest BCUT2D eigenvalue weighted by molar-refractivity contribution is -0.898. The summed E-state index contributed by atoms with van der Waals surface area (Å²) in [4.78, 5) is 16.2. The van der Waals surface area contributed by atoms with Gasteiger partial charge in [-0.15, -0.1) is 0 Å². The van der Waals surface area contributed by atoms with Crippen LogP contribution in [-0.4, -0.2) is 45.2 Å². The number of piperazine rings is 1. The summed E-state index contributed by atoms with van der Waals surface area (Å²) >= 11 is 0. The molecule has 1 saturated heterocycles. The van der Waals surface area contributed by atoms with Crippen LogP contribution >= 0.6 is 0 Å². The molecule has 0 bridgehead atoms. The molecule has 0 radical (unpaired) electrons. The van der Waals surface area contributed by atoms with E-state index in [0.29, 0.717) is 5.75 Å². The van der Waals surface area contributed by atoms with Crippen molar-refractivity contribution in [3.05, 3.63) is 54.3 Å². The van der Waals surface area contributed by atoms with Gasteiger partial charge in [-0.1, -0.05) is 18.2 Å². The molecule has 1 aliphatic heterocycles. The summed E-state index contributed by atoms with van der Waals surface area (Å²) in [7, 11) is 0. The van der Waals surface area contributed by atoms with Gasteiger partial charge in [-0.2, -0.15) is 0 Å². The average molecular weight is 358 g/mol. The van der Waals surface area contributed by atoms with Gasteiger partial charge in [0, 0.05) is 6.07 Å². The second-order valence-corrected chi connectivity index (χ2v) is 6.40. The Bertz CT molecular complexity index is 745. The molecular formula is C20H25FN3O2+. The third kappa shape index (κ3) is 4.73. The van der Waals surface area contributed by atoms with Gasteiger partial charge in [0.05, 0.1) is 44.1 Å². The standard InChI is InChI=1S/C20H24FN3O2/c1-2-23-10-12-24(13-11-23)19-9-4-3-8-18(19)22-20(25)15-26-17-7-5-6-16(21)14-17/h3-9,14H,2,10-13,15H2,1H3,(H,22,25)/p+1. The third-order valence-corrected chi connectivity index (χ3v) is 4.66. The van der Waals surface area contributed by atoms with Gasteiger partial charge in [-0.3, -0.25) is 4.79 Å². The zero-order chi connectivity index (χ0) is 18.4. The number of amides is 1. The molecule has 1 fully saturated rings. The maximum Gasteiger partial charge on any atom is 0.262 e. The van der Waals surface area contributed by atoms with E-state index in [1.807, 2.05) is 24.3 Å². The highest BCUT2D eigenvalue weighted by atomic mass is 19.1. The third-order valence-electron chi connectivity index (χ3n) is 4.66. The lowest BCUT2D eigenvalue weighted by Gasteiger charge is -2.34. The number of likely N-dealkylation sites (N-methyl/N-ethyl adjacent to an activating group) is 1. The van der Waals surface area contributed by atoms with E-state index in [4.69, 9.17) is 4.74 Å². The first kappa shape index (κ1) is 18.2. The number of ether oxygens (including phenoxy) is 1. The second kappa shape index (κ2) is 8.67. The Kier molecular flexibility index (Phi) is 6.07. The van der Waals surface area contributed by atoms with E-state index in [-0.39, 0.29) is 18.3 Å². The minimum absolute atomic E-state index is 0.161. The minimum atomic E-state index is -0.387. The number of nitrogens with zero attached hydrogens (tertiary/aromatic N) is 1. The molecule has 3 rings (SSSR count). The van der Waals surface area contributed by atoms with Crippen molar-refractivity contribution >= 4 is 17.3 Å². The number of benzene rings is 2. The van der Waals surface area contributed by atoms with Crippen LogP contribution in [0.3, 0.4) is 0 Å². The molecule has 0 aliphatic carbocycles. The number of halogens is 1. The van der Waals surface area contributed by atoms with Gasteiger partial charge >= 0.3 is 0 Å². The maximum atomic E-state index is 13.2. The smallest absolute Gasteiger partial charge is 0.262 e. The van der Waals surface area contributed by atoms with Crippen LogP contribution in [0.4, 0.5) is 15.8 Å². The van der Waals surface area contributed by atoms with Crippen molar-refractivity contribution in [2.75, 3.05) is 49.5 Å². The molecule has 6 heteroatoms. The highest BCUT2D eigenvalue weighted by Gasteiger charge is 2.21. The zero-order valence-electron chi connectivity index (χ0n) is 15.0. The first-order valence-corrected chi connectivity index (χ1v) is 9.01. The summed E-state index contributed by atoms with van der Waals surface area (Å²) in [5.74, 6) is -0.312. The van der Waals surface area contributed by atoms with Crippen LogP contribution in [-0.2, 0) is 4.79 Å². The van der Waals surface area contributed by atoms with Crippen molar-refractivity contribution in [1.82, 2.24) is 0 Å². The van der Waals surface area contributed by atoms with Gasteiger partial charge in [0.15, 0.2) is 6.61 Å². The molecule has 2 aromatic rings. The van der Waals surface area contributed by atoms with E-state index >= 15 is 0 Å². The molecule has 26 heavy (non-hydrogen) atoms. The van der Waals surface area contributed by atoms with Crippen molar-refractivity contribution in [2.45, 2.75) is 6.92 Å². The Labute approximate surface area is 153 Å². The summed E-state index contributed by atoms with van der Waals surface area (Å²) in [6.07, 6.45) is 0. The van der Waals surface area contributed by atoms with Crippen molar-refractivity contribution in [3.8, 4) is 5.75 Å². The summed E-state index contributed by atoms with van der Waals surface area (Å²) in [5.41, 5.74) is 1.81. The summed E-state index contributed by atoms with van der Waals surface area (Å²) in [6, 6.07) is 13.6. The van der Waals surface area contributed by atoms with Crippen LogP contribution in [0.2, 0.25) is 0 Å². The Hall–Kier alpha value is -2.60. The van der Waals surface area contributed by atoms with E-state index in [2.05, 4.69) is 17.1 Å². The summed E-state index contributed by atoms with van der Waals surface area (Å²) in [5, 5.41) is 2.91. The van der Waals surface area contributed by atoms with E-state index in [1.165, 1.54) is 12.1 Å². The Morgan fingerprint density at radius 1 is 1.19 bits per heavy atom. The predicted octanol–water partition coefficient (Wildman–Crippen LogP) is 1.57. The molecule has 0 atom stereocenters. The van der Waals surface area contributed by atoms with Gasteiger partial charge < -0.3 is 19.9 Å². The Morgan fingerprint density at radius 3 is 2.69 bits per heavy atom. The topological polar surface area (TPSA) is 46.0 Å². The zero-order valence-corrected chi connectivity index (χ0v) is 15.0. The number of hydrogen-bond donors (Lipinski definition) is 2. The molecule has 1 aliphatic rings. The highest BCUT2D eigenvalue weighted by Crippen LogP contribution is 2.25. The van der Waals surface area contributed by atoms with Crippen molar-refractivity contribution in [1.29, 1.82) is 0 Å².